The lowest BCUT2D eigenvalue weighted by molar-refractivity contribution is 0.0646. The molecule has 0 aliphatic rings. The molecule has 1 unspecified atom stereocenters. The molecule has 1 N–H and O–H groups in total. The topological polar surface area (TPSA) is 20.2 Å². The molecule has 0 fully saturated rings. The van der Waals surface area contributed by atoms with E-state index in [2.05, 4.69) is 24.8 Å². The van der Waals surface area contributed by atoms with Crippen molar-refractivity contribution in [2.24, 2.45) is 0 Å². The van der Waals surface area contributed by atoms with Crippen LogP contribution in [0.1, 0.15) is 18.2 Å². The lowest BCUT2D eigenvalue weighted by Crippen LogP contribution is -2.17. The van der Waals surface area contributed by atoms with Crippen LogP contribution < -0.4 is 0 Å². The SMILES string of the molecule is C=CCC(C)(O)c1cc2ccccc2s1. The lowest BCUT2D eigenvalue weighted by Gasteiger charge is -2.19. The fourth-order valence-corrected chi connectivity index (χ4v) is 2.75. The van der Waals surface area contributed by atoms with E-state index in [0.29, 0.717) is 6.42 Å². The number of benzene rings is 1. The maximum Gasteiger partial charge on any atom is 0.0994 e. The van der Waals surface area contributed by atoms with Crippen LogP contribution in [0, 0.1) is 0 Å². The third-order valence-electron chi connectivity index (χ3n) is 2.50. The minimum absolute atomic E-state index is 0.583. The van der Waals surface area contributed by atoms with E-state index in [4.69, 9.17) is 0 Å². The summed E-state index contributed by atoms with van der Waals surface area (Å²) in [6, 6.07) is 10.2. The van der Waals surface area contributed by atoms with Gasteiger partial charge in [-0.15, -0.1) is 17.9 Å². The Morgan fingerprint density at radius 1 is 1.47 bits per heavy atom. The van der Waals surface area contributed by atoms with E-state index in [0.717, 1.165) is 4.88 Å². The average Bonchev–Trinajstić information content (AvgIpc) is 2.61. The standard InChI is InChI=1S/C13H14OS/c1-3-8-13(2,14)12-9-10-6-4-5-7-11(10)15-12/h3-7,9,14H,1,8H2,2H3. The second kappa shape index (κ2) is 3.80. The second-order valence-corrected chi connectivity index (χ2v) is 5.00. The molecule has 78 valence electrons. The minimum Gasteiger partial charge on any atom is -0.384 e. The zero-order valence-corrected chi connectivity index (χ0v) is 9.55. The van der Waals surface area contributed by atoms with Gasteiger partial charge in [-0.25, -0.2) is 0 Å². The third kappa shape index (κ3) is 1.96. The lowest BCUT2D eigenvalue weighted by atomic mass is 10.0. The second-order valence-electron chi connectivity index (χ2n) is 3.92. The monoisotopic (exact) mass is 218 g/mol. The van der Waals surface area contributed by atoms with Gasteiger partial charge in [0.15, 0.2) is 0 Å². The molecule has 0 spiro atoms. The molecule has 1 nitrogen and oxygen atoms in total. The number of rotatable bonds is 3. The van der Waals surface area contributed by atoms with E-state index < -0.39 is 5.60 Å². The van der Waals surface area contributed by atoms with Crippen molar-refractivity contribution in [3.63, 3.8) is 0 Å². The van der Waals surface area contributed by atoms with Gasteiger partial charge in [-0.2, -0.15) is 0 Å². The maximum absolute atomic E-state index is 10.2. The summed E-state index contributed by atoms with van der Waals surface area (Å²) in [6.45, 7) is 5.50. The van der Waals surface area contributed by atoms with E-state index in [1.165, 1.54) is 10.1 Å². The average molecular weight is 218 g/mol. The van der Waals surface area contributed by atoms with Crippen LogP contribution in [-0.2, 0) is 5.60 Å². The Kier molecular flexibility index (Phi) is 2.63. The number of thiophene rings is 1. The first-order valence-electron chi connectivity index (χ1n) is 4.96. The highest BCUT2D eigenvalue weighted by Gasteiger charge is 2.23. The Morgan fingerprint density at radius 3 is 2.87 bits per heavy atom. The van der Waals surface area contributed by atoms with Crippen molar-refractivity contribution in [3.05, 3.63) is 47.9 Å². The van der Waals surface area contributed by atoms with Crippen molar-refractivity contribution in [2.75, 3.05) is 0 Å². The van der Waals surface area contributed by atoms with Crippen molar-refractivity contribution < 1.29 is 5.11 Å². The molecule has 2 rings (SSSR count). The van der Waals surface area contributed by atoms with Crippen molar-refractivity contribution in [2.45, 2.75) is 18.9 Å². The summed E-state index contributed by atoms with van der Waals surface area (Å²) in [6.07, 6.45) is 2.34. The van der Waals surface area contributed by atoms with E-state index in [-0.39, 0.29) is 0 Å². The van der Waals surface area contributed by atoms with Gasteiger partial charge >= 0.3 is 0 Å². The molecular formula is C13H14OS. The molecule has 0 amide bonds. The number of fused-ring (bicyclic) bond motifs is 1. The van der Waals surface area contributed by atoms with Crippen LogP contribution in [0.25, 0.3) is 10.1 Å². The Morgan fingerprint density at radius 2 is 2.20 bits per heavy atom. The van der Waals surface area contributed by atoms with Gasteiger partial charge in [-0.3, -0.25) is 0 Å². The van der Waals surface area contributed by atoms with Crippen LogP contribution in [0.4, 0.5) is 0 Å². The normalized spacial score (nSPS) is 15.1. The van der Waals surface area contributed by atoms with Gasteiger partial charge in [0.25, 0.3) is 0 Å². The largest absolute Gasteiger partial charge is 0.384 e. The van der Waals surface area contributed by atoms with Gasteiger partial charge in [0.2, 0.25) is 0 Å². The summed E-state index contributed by atoms with van der Waals surface area (Å²) >= 11 is 1.65. The Hall–Kier alpha value is -1.12. The van der Waals surface area contributed by atoms with Gasteiger partial charge in [-0.1, -0.05) is 24.3 Å². The van der Waals surface area contributed by atoms with Crippen molar-refractivity contribution in [1.29, 1.82) is 0 Å². The molecule has 1 aromatic carbocycles. The summed E-state index contributed by atoms with van der Waals surface area (Å²) in [7, 11) is 0. The molecule has 2 aromatic rings. The number of hydrogen-bond donors (Lipinski definition) is 1. The van der Waals surface area contributed by atoms with E-state index in [9.17, 15) is 5.11 Å². The van der Waals surface area contributed by atoms with Crippen LogP contribution >= 0.6 is 11.3 Å². The van der Waals surface area contributed by atoms with Crippen LogP contribution in [0.15, 0.2) is 43.0 Å². The van der Waals surface area contributed by atoms with Crippen LogP contribution in [0.2, 0.25) is 0 Å². The molecule has 0 bridgehead atoms. The molecule has 0 aliphatic heterocycles. The fourth-order valence-electron chi connectivity index (χ4n) is 1.63. The molecule has 1 aromatic heterocycles. The molecule has 2 heteroatoms. The minimum atomic E-state index is -0.786. The van der Waals surface area contributed by atoms with Crippen LogP contribution in [0.3, 0.4) is 0 Å². The number of hydrogen-bond acceptors (Lipinski definition) is 2. The first-order valence-corrected chi connectivity index (χ1v) is 5.77. The summed E-state index contributed by atoms with van der Waals surface area (Å²) in [5, 5.41) is 11.4. The first-order chi connectivity index (χ1) is 7.13. The van der Waals surface area contributed by atoms with E-state index in [1.807, 2.05) is 19.1 Å². The highest BCUT2D eigenvalue weighted by molar-refractivity contribution is 7.19. The molecule has 0 saturated carbocycles. The molecule has 1 atom stereocenters. The highest BCUT2D eigenvalue weighted by Crippen LogP contribution is 2.34. The molecule has 1 heterocycles. The van der Waals surface area contributed by atoms with Gasteiger partial charge in [-0.05, 0) is 30.9 Å². The van der Waals surface area contributed by atoms with Gasteiger partial charge < -0.3 is 5.11 Å². The van der Waals surface area contributed by atoms with Gasteiger partial charge in [0.1, 0.15) is 0 Å². The summed E-state index contributed by atoms with van der Waals surface area (Å²) < 4.78 is 1.22. The summed E-state index contributed by atoms with van der Waals surface area (Å²) in [5.74, 6) is 0. The molecule has 0 saturated heterocycles. The summed E-state index contributed by atoms with van der Waals surface area (Å²) in [4.78, 5) is 1.00. The Labute approximate surface area is 93.7 Å². The van der Waals surface area contributed by atoms with Crippen LogP contribution in [-0.4, -0.2) is 5.11 Å². The first kappa shape index (κ1) is 10.4. The molecule has 15 heavy (non-hydrogen) atoms. The summed E-state index contributed by atoms with van der Waals surface area (Å²) in [5.41, 5.74) is -0.786. The van der Waals surface area contributed by atoms with Crippen LogP contribution in [0.5, 0.6) is 0 Å². The Balaban J connectivity index is 2.48. The predicted molar refractivity (Wildman–Crippen MR) is 66.2 cm³/mol. The third-order valence-corrected chi connectivity index (χ3v) is 3.87. The fraction of sp³-hybridized carbons (Fsp3) is 0.231. The number of aliphatic hydroxyl groups is 1. The molecular weight excluding hydrogens is 204 g/mol. The predicted octanol–water partition coefficient (Wildman–Crippen LogP) is 3.68. The smallest absolute Gasteiger partial charge is 0.0994 e. The quantitative estimate of drug-likeness (QED) is 0.779. The molecule has 0 aliphatic carbocycles. The van der Waals surface area contributed by atoms with E-state index in [1.54, 1.807) is 17.4 Å². The Bertz CT molecular complexity index is 449. The highest BCUT2D eigenvalue weighted by atomic mass is 32.1. The zero-order chi connectivity index (χ0) is 10.9. The van der Waals surface area contributed by atoms with Crippen molar-refractivity contribution in [3.8, 4) is 0 Å². The maximum atomic E-state index is 10.2. The van der Waals surface area contributed by atoms with Gasteiger partial charge in [0.05, 0.1) is 5.60 Å². The van der Waals surface area contributed by atoms with Gasteiger partial charge in [0, 0.05) is 9.58 Å². The van der Waals surface area contributed by atoms with Crippen molar-refractivity contribution in [1.82, 2.24) is 0 Å². The molecule has 0 radical (unpaired) electrons. The van der Waals surface area contributed by atoms with Crippen molar-refractivity contribution >= 4 is 21.4 Å². The zero-order valence-electron chi connectivity index (χ0n) is 8.73. The van der Waals surface area contributed by atoms with E-state index >= 15 is 0 Å².